The van der Waals surface area contributed by atoms with Gasteiger partial charge < -0.3 is 15.0 Å². The van der Waals surface area contributed by atoms with Crippen molar-refractivity contribution in [1.29, 1.82) is 0 Å². The first kappa shape index (κ1) is 12.4. The Morgan fingerprint density at radius 3 is 2.76 bits per heavy atom. The molecule has 0 aromatic heterocycles. The van der Waals surface area contributed by atoms with E-state index in [1.165, 1.54) is 0 Å². The summed E-state index contributed by atoms with van der Waals surface area (Å²) in [5.41, 5.74) is 0. The zero-order valence-corrected chi connectivity index (χ0v) is 11.1. The van der Waals surface area contributed by atoms with Crippen LogP contribution in [0.1, 0.15) is 6.42 Å². The molecule has 1 fully saturated rings. The van der Waals surface area contributed by atoms with Crippen LogP contribution in [0.3, 0.4) is 0 Å². The standard InChI is InChI=1S/C12H15BrN2O2/c13-10-2-4-11(5-3-10)17-12(16)15-8-1-6-14-7-9-15/h2-5,14H,1,6-9H2. The second kappa shape index (κ2) is 6.02. The number of nitrogens with one attached hydrogen (secondary N) is 1. The Labute approximate surface area is 109 Å². The van der Waals surface area contributed by atoms with Crippen LogP contribution < -0.4 is 10.1 Å². The van der Waals surface area contributed by atoms with E-state index in [2.05, 4.69) is 21.2 Å². The fraction of sp³-hybridized carbons (Fsp3) is 0.417. The number of hydrogen-bond donors (Lipinski definition) is 1. The van der Waals surface area contributed by atoms with Gasteiger partial charge in [-0.1, -0.05) is 15.9 Å². The molecule has 1 saturated heterocycles. The molecule has 0 unspecified atom stereocenters. The van der Waals surface area contributed by atoms with E-state index in [1.54, 1.807) is 17.0 Å². The van der Waals surface area contributed by atoms with E-state index in [1.807, 2.05) is 12.1 Å². The third-order valence-corrected chi connectivity index (χ3v) is 3.15. The molecule has 1 aromatic rings. The Morgan fingerprint density at radius 1 is 1.24 bits per heavy atom. The maximum Gasteiger partial charge on any atom is 0.415 e. The molecule has 1 amide bonds. The zero-order valence-electron chi connectivity index (χ0n) is 9.49. The van der Waals surface area contributed by atoms with Gasteiger partial charge in [-0.3, -0.25) is 0 Å². The average Bonchev–Trinajstić information content (AvgIpc) is 2.61. The van der Waals surface area contributed by atoms with E-state index in [-0.39, 0.29) is 6.09 Å². The van der Waals surface area contributed by atoms with E-state index in [9.17, 15) is 4.79 Å². The molecule has 2 rings (SSSR count). The van der Waals surface area contributed by atoms with Crippen LogP contribution in [0.25, 0.3) is 0 Å². The number of nitrogens with zero attached hydrogens (tertiary/aromatic N) is 1. The highest BCUT2D eigenvalue weighted by molar-refractivity contribution is 9.10. The molecule has 0 bridgehead atoms. The van der Waals surface area contributed by atoms with Crippen molar-refractivity contribution in [2.45, 2.75) is 6.42 Å². The highest BCUT2D eigenvalue weighted by Crippen LogP contribution is 2.17. The lowest BCUT2D eigenvalue weighted by molar-refractivity contribution is 0.155. The Bertz CT molecular complexity index is 373. The Kier molecular flexibility index (Phi) is 4.39. The summed E-state index contributed by atoms with van der Waals surface area (Å²) in [6.07, 6.45) is 0.700. The normalized spacial score (nSPS) is 16.4. The van der Waals surface area contributed by atoms with Gasteiger partial charge in [0, 0.05) is 24.1 Å². The van der Waals surface area contributed by atoms with Crippen molar-refractivity contribution in [3.05, 3.63) is 28.7 Å². The highest BCUT2D eigenvalue weighted by atomic mass is 79.9. The monoisotopic (exact) mass is 298 g/mol. The molecular formula is C12H15BrN2O2. The smallest absolute Gasteiger partial charge is 0.410 e. The highest BCUT2D eigenvalue weighted by Gasteiger charge is 2.16. The molecule has 92 valence electrons. The number of ether oxygens (including phenoxy) is 1. The average molecular weight is 299 g/mol. The lowest BCUT2D eigenvalue weighted by Gasteiger charge is -2.19. The topological polar surface area (TPSA) is 41.6 Å². The number of halogens is 1. The molecule has 1 N–H and O–H groups in total. The van der Waals surface area contributed by atoms with Gasteiger partial charge in [-0.25, -0.2) is 4.79 Å². The van der Waals surface area contributed by atoms with Crippen LogP contribution in [-0.4, -0.2) is 37.2 Å². The third-order valence-electron chi connectivity index (χ3n) is 2.62. The maximum atomic E-state index is 11.9. The fourth-order valence-corrected chi connectivity index (χ4v) is 1.96. The van der Waals surface area contributed by atoms with Crippen LogP contribution in [0.5, 0.6) is 5.75 Å². The van der Waals surface area contributed by atoms with Gasteiger partial charge >= 0.3 is 6.09 Å². The van der Waals surface area contributed by atoms with Crippen molar-refractivity contribution in [3.63, 3.8) is 0 Å². The van der Waals surface area contributed by atoms with E-state index >= 15 is 0 Å². The lowest BCUT2D eigenvalue weighted by atomic mass is 10.3. The van der Waals surface area contributed by atoms with Crippen molar-refractivity contribution in [3.8, 4) is 5.75 Å². The van der Waals surface area contributed by atoms with Crippen molar-refractivity contribution in [2.75, 3.05) is 26.2 Å². The molecule has 1 aromatic carbocycles. The summed E-state index contributed by atoms with van der Waals surface area (Å²) in [5.74, 6) is 0.579. The lowest BCUT2D eigenvalue weighted by Crippen LogP contribution is -2.36. The van der Waals surface area contributed by atoms with Gasteiger partial charge in [0.1, 0.15) is 5.75 Å². The number of amides is 1. The van der Waals surface area contributed by atoms with E-state index in [4.69, 9.17) is 4.74 Å². The quantitative estimate of drug-likeness (QED) is 0.864. The molecule has 1 heterocycles. The molecular weight excluding hydrogens is 284 g/mol. The number of benzene rings is 1. The van der Waals surface area contributed by atoms with Crippen LogP contribution in [0.2, 0.25) is 0 Å². The molecule has 4 nitrogen and oxygen atoms in total. The summed E-state index contributed by atoms with van der Waals surface area (Å²) in [7, 11) is 0. The molecule has 1 aliphatic heterocycles. The summed E-state index contributed by atoms with van der Waals surface area (Å²) < 4.78 is 6.27. The third kappa shape index (κ3) is 3.71. The summed E-state index contributed by atoms with van der Waals surface area (Å²) >= 11 is 3.34. The van der Waals surface area contributed by atoms with Crippen molar-refractivity contribution in [1.82, 2.24) is 10.2 Å². The summed E-state index contributed by atoms with van der Waals surface area (Å²) in [6.45, 7) is 3.25. The first-order chi connectivity index (χ1) is 8.25. The molecule has 0 radical (unpaired) electrons. The van der Waals surface area contributed by atoms with Gasteiger partial charge in [0.25, 0.3) is 0 Å². The van der Waals surface area contributed by atoms with Gasteiger partial charge in [0.15, 0.2) is 0 Å². The number of carbonyl (C=O) groups excluding carboxylic acids is 1. The maximum absolute atomic E-state index is 11.9. The minimum atomic E-state index is -0.268. The molecule has 17 heavy (non-hydrogen) atoms. The van der Waals surface area contributed by atoms with Gasteiger partial charge in [-0.15, -0.1) is 0 Å². The SMILES string of the molecule is O=C(Oc1ccc(Br)cc1)N1CCCNCC1. The van der Waals surface area contributed by atoms with Crippen LogP contribution in [-0.2, 0) is 0 Å². The van der Waals surface area contributed by atoms with Crippen molar-refractivity contribution < 1.29 is 9.53 Å². The molecule has 1 aliphatic rings. The van der Waals surface area contributed by atoms with Crippen LogP contribution in [0.4, 0.5) is 4.79 Å². The number of rotatable bonds is 1. The summed E-state index contributed by atoms with van der Waals surface area (Å²) in [4.78, 5) is 13.6. The molecule has 0 aliphatic carbocycles. The molecule has 0 saturated carbocycles. The van der Waals surface area contributed by atoms with Gasteiger partial charge in [0.2, 0.25) is 0 Å². The second-order valence-corrected chi connectivity index (χ2v) is 4.83. The van der Waals surface area contributed by atoms with Crippen LogP contribution >= 0.6 is 15.9 Å². The predicted molar refractivity (Wildman–Crippen MR) is 69.2 cm³/mol. The van der Waals surface area contributed by atoms with E-state index < -0.39 is 0 Å². The Hall–Kier alpha value is -1.07. The zero-order chi connectivity index (χ0) is 12.1. The van der Waals surface area contributed by atoms with Gasteiger partial charge in [-0.2, -0.15) is 0 Å². The van der Waals surface area contributed by atoms with Gasteiger partial charge in [-0.05, 0) is 37.2 Å². The fourth-order valence-electron chi connectivity index (χ4n) is 1.70. The molecule has 0 atom stereocenters. The second-order valence-electron chi connectivity index (χ2n) is 3.91. The minimum Gasteiger partial charge on any atom is -0.410 e. The van der Waals surface area contributed by atoms with Crippen LogP contribution in [0.15, 0.2) is 28.7 Å². The van der Waals surface area contributed by atoms with Crippen molar-refractivity contribution in [2.24, 2.45) is 0 Å². The van der Waals surface area contributed by atoms with E-state index in [0.29, 0.717) is 12.3 Å². The first-order valence-electron chi connectivity index (χ1n) is 5.69. The summed E-state index contributed by atoms with van der Waals surface area (Å²) in [5, 5.41) is 3.25. The predicted octanol–water partition coefficient (Wildman–Crippen LogP) is 2.24. The largest absolute Gasteiger partial charge is 0.415 e. The molecule has 5 heteroatoms. The Balaban J connectivity index is 1.93. The first-order valence-corrected chi connectivity index (χ1v) is 6.48. The molecule has 0 spiro atoms. The van der Waals surface area contributed by atoms with Crippen molar-refractivity contribution >= 4 is 22.0 Å². The summed E-state index contributed by atoms with van der Waals surface area (Å²) in [6, 6.07) is 7.26. The van der Waals surface area contributed by atoms with E-state index in [0.717, 1.165) is 30.5 Å². The Morgan fingerprint density at radius 2 is 2.00 bits per heavy atom. The minimum absolute atomic E-state index is 0.268. The number of carbonyl (C=O) groups is 1. The van der Waals surface area contributed by atoms with Crippen LogP contribution in [0, 0.1) is 0 Å². The number of hydrogen-bond acceptors (Lipinski definition) is 3. The van der Waals surface area contributed by atoms with Gasteiger partial charge in [0.05, 0.1) is 0 Å².